The zero-order valence-corrected chi connectivity index (χ0v) is 18.2. The van der Waals surface area contributed by atoms with E-state index in [1.54, 1.807) is 36.1 Å². The molecule has 3 aromatic carbocycles. The molecular formula is C27H23N3O3. The monoisotopic (exact) mass is 437 g/mol. The Hall–Kier alpha value is -4.32. The van der Waals surface area contributed by atoms with Crippen LogP contribution in [0.5, 0.6) is 11.5 Å². The van der Waals surface area contributed by atoms with Crippen LogP contribution in [0, 0.1) is 0 Å². The van der Waals surface area contributed by atoms with Gasteiger partial charge < -0.3 is 14.8 Å². The fraction of sp³-hybridized carbons (Fsp3) is 0.111. The molecule has 164 valence electrons. The van der Waals surface area contributed by atoms with Crippen molar-refractivity contribution < 1.29 is 9.84 Å². The first-order chi connectivity index (χ1) is 16.1. The fourth-order valence-corrected chi connectivity index (χ4v) is 3.97. The second-order valence-electron chi connectivity index (χ2n) is 7.94. The number of phenols is 1. The number of aromatic nitrogens is 3. The number of rotatable bonds is 6. The highest BCUT2D eigenvalue weighted by molar-refractivity contribution is 5.62. The Morgan fingerprint density at radius 1 is 0.939 bits per heavy atom. The lowest BCUT2D eigenvalue weighted by atomic mass is 10.1. The third-order valence-electron chi connectivity index (χ3n) is 5.66. The van der Waals surface area contributed by atoms with E-state index in [9.17, 15) is 9.90 Å². The van der Waals surface area contributed by atoms with Gasteiger partial charge in [0.2, 0.25) is 0 Å². The van der Waals surface area contributed by atoms with Crippen LogP contribution in [0.3, 0.4) is 0 Å². The van der Waals surface area contributed by atoms with Gasteiger partial charge in [0.1, 0.15) is 17.2 Å². The van der Waals surface area contributed by atoms with E-state index in [2.05, 4.69) is 4.98 Å². The first kappa shape index (κ1) is 20.6. The molecule has 6 heteroatoms. The van der Waals surface area contributed by atoms with Crippen LogP contribution in [0.1, 0.15) is 22.5 Å². The molecule has 6 nitrogen and oxygen atoms in total. The highest BCUT2D eigenvalue weighted by atomic mass is 16.5. The Morgan fingerprint density at radius 3 is 2.42 bits per heavy atom. The van der Waals surface area contributed by atoms with Gasteiger partial charge in [-0.1, -0.05) is 54.6 Å². The lowest BCUT2D eigenvalue weighted by molar-refractivity contribution is 0.414. The van der Waals surface area contributed by atoms with Crippen molar-refractivity contribution in [2.75, 3.05) is 7.11 Å². The maximum atomic E-state index is 13.3. The number of fused-ring (bicyclic) bond motifs is 1. The zero-order valence-electron chi connectivity index (χ0n) is 18.2. The fourth-order valence-electron chi connectivity index (χ4n) is 3.97. The average molecular weight is 437 g/mol. The number of H-pyrrole nitrogens is 1. The number of nitrogens with zero attached hydrogens (tertiary/aromatic N) is 2. The van der Waals surface area contributed by atoms with Gasteiger partial charge in [0, 0.05) is 24.6 Å². The molecule has 2 aliphatic rings. The number of aromatic amines is 1. The molecule has 0 bridgehead atoms. The van der Waals surface area contributed by atoms with Crippen LogP contribution in [0.2, 0.25) is 0 Å². The SMILES string of the molecule is COc1ccc(Cc2nc3c(Cc4ccccc4)[nH]c(-c4cccc(O)c4)cn-3c2=O)cc1. The van der Waals surface area contributed by atoms with E-state index >= 15 is 0 Å². The molecule has 0 atom stereocenters. The van der Waals surface area contributed by atoms with Gasteiger partial charge in [-0.3, -0.25) is 9.36 Å². The maximum Gasteiger partial charge on any atom is 0.278 e. The van der Waals surface area contributed by atoms with Gasteiger partial charge in [0.05, 0.1) is 18.5 Å². The molecule has 3 aromatic rings. The third kappa shape index (κ3) is 4.23. The van der Waals surface area contributed by atoms with E-state index in [1.807, 2.05) is 60.7 Å². The van der Waals surface area contributed by atoms with Gasteiger partial charge in [-0.05, 0) is 35.4 Å². The Labute approximate surface area is 191 Å². The van der Waals surface area contributed by atoms with Crippen LogP contribution in [-0.4, -0.2) is 26.8 Å². The van der Waals surface area contributed by atoms with Gasteiger partial charge in [-0.2, -0.15) is 0 Å². The van der Waals surface area contributed by atoms with Crippen LogP contribution in [-0.2, 0) is 12.8 Å². The molecule has 2 aliphatic heterocycles. The molecule has 0 unspecified atom stereocenters. The van der Waals surface area contributed by atoms with Crippen molar-refractivity contribution in [3.8, 4) is 28.6 Å². The van der Waals surface area contributed by atoms with Gasteiger partial charge in [0.15, 0.2) is 5.82 Å². The van der Waals surface area contributed by atoms with Crippen molar-refractivity contribution >= 4 is 0 Å². The predicted molar refractivity (Wildman–Crippen MR) is 128 cm³/mol. The summed E-state index contributed by atoms with van der Waals surface area (Å²) >= 11 is 0. The van der Waals surface area contributed by atoms with E-state index in [0.717, 1.165) is 33.8 Å². The summed E-state index contributed by atoms with van der Waals surface area (Å²) < 4.78 is 6.83. The molecule has 0 radical (unpaired) electrons. The van der Waals surface area contributed by atoms with Gasteiger partial charge in [0.25, 0.3) is 5.56 Å². The molecular weight excluding hydrogens is 414 g/mol. The topological polar surface area (TPSA) is 80.1 Å². The van der Waals surface area contributed by atoms with Crippen molar-refractivity contribution in [3.63, 3.8) is 0 Å². The quantitative estimate of drug-likeness (QED) is 0.408. The number of phenolic OH excluding ortho intramolecular Hbond substituents is 1. The van der Waals surface area contributed by atoms with E-state index in [0.29, 0.717) is 24.4 Å². The molecule has 0 fully saturated rings. The second kappa shape index (κ2) is 8.67. The summed E-state index contributed by atoms with van der Waals surface area (Å²) in [5.74, 6) is 1.54. The first-order valence-electron chi connectivity index (χ1n) is 10.7. The average Bonchev–Trinajstić information content (AvgIpc) is 3.16. The molecule has 2 N–H and O–H groups in total. The first-order valence-corrected chi connectivity index (χ1v) is 10.7. The Balaban J connectivity index is 1.62. The summed E-state index contributed by atoms with van der Waals surface area (Å²) in [6.07, 6.45) is 2.78. The van der Waals surface area contributed by atoms with Crippen molar-refractivity contribution in [2.24, 2.45) is 0 Å². The third-order valence-corrected chi connectivity index (χ3v) is 5.66. The van der Waals surface area contributed by atoms with Crippen molar-refractivity contribution in [1.82, 2.24) is 14.5 Å². The summed E-state index contributed by atoms with van der Waals surface area (Å²) in [5, 5.41) is 9.95. The van der Waals surface area contributed by atoms with Crippen LogP contribution < -0.4 is 10.3 Å². The minimum absolute atomic E-state index is 0.148. The standard InChI is InChI=1S/C27H23N3O3/c1-33-22-12-10-19(11-13-22)15-24-27(32)30-17-25(20-8-5-9-21(31)16-20)28-23(26(30)29-24)14-18-6-3-2-4-7-18/h2-13,16-17,28,31H,14-15H2,1H3. The number of nitrogens with one attached hydrogen (secondary N) is 1. The second-order valence-corrected chi connectivity index (χ2v) is 7.94. The molecule has 0 saturated heterocycles. The van der Waals surface area contributed by atoms with Gasteiger partial charge in [-0.15, -0.1) is 0 Å². The molecule has 0 aliphatic carbocycles. The summed E-state index contributed by atoms with van der Waals surface area (Å²) in [7, 11) is 1.63. The van der Waals surface area contributed by atoms with Crippen LogP contribution in [0.15, 0.2) is 89.9 Å². The van der Waals surface area contributed by atoms with E-state index in [4.69, 9.17) is 9.72 Å². The summed E-state index contributed by atoms with van der Waals surface area (Å²) in [5.41, 5.74) is 4.78. The van der Waals surface area contributed by atoms with Crippen LogP contribution in [0.25, 0.3) is 17.1 Å². The molecule has 0 saturated carbocycles. The number of methoxy groups -OCH3 is 1. The Kier molecular flexibility index (Phi) is 5.40. The molecule has 33 heavy (non-hydrogen) atoms. The smallest absolute Gasteiger partial charge is 0.278 e. The number of hydrogen-bond donors (Lipinski definition) is 2. The van der Waals surface area contributed by atoms with Crippen molar-refractivity contribution in [1.29, 1.82) is 0 Å². The van der Waals surface area contributed by atoms with Crippen LogP contribution in [0.4, 0.5) is 0 Å². The lowest BCUT2D eigenvalue weighted by Crippen LogP contribution is -2.17. The molecule has 0 spiro atoms. The number of aromatic hydroxyl groups is 1. The summed E-state index contributed by atoms with van der Waals surface area (Å²) in [6, 6.07) is 24.7. The van der Waals surface area contributed by atoms with Crippen molar-refractivity contribution in [3.05, 3.63) is 118 Å². The number of hydrogen-bond acceptors (Lipinski definition) is 4. The van der Waals surface area contributed by atoms with E-state index in [1.165, 1.54) is 0 Å². The van der Waals surface area contributed by atoms with Crippen molar-refractivity contribution in [2.45, 2.75) is 12.8 Å². The molecule has 2 heterocycles. The largest absolute Gasteiger partial charge is 0.508 e. The minimum atomic E-state index is -0.148. The predicted octanol–water partition coefficient (Wildman–Crippen LogP) is 4.56. The molecule has 5 rings (SSSR count). The van der Waals surface area contributed by atoms with E-state index < -0.39 is 0 Å². The summed E-state index contributed by atoms with van der Waals surface area (Å²) in [6.45, 7) is 0. The van der Waals surface area contributed by atoms with Gasteiger partial charge in [-0.25, -0.2) is 4.98 Å². The number of benzene rings is 3. The lowest BCUT2D eigenvalue weighted by Gasteiger charge is -2.13. The molecule has 0 aromatic heterocycles. The minimum Gasteiger partial charge on any atom is -0.508 e. The molecule has 0 amide bonds. The maximum absolute atomic E-state index is 13.3. The Bertz CT molecular complexity index is 1420. The van der Waals surface area contributed by atoms with Crippen LogP contribution >= 0.6 is 0 Å². The normalized spacial score (nSPS) is 11.1. The highest BCUT2D eigenvalue weighted by Gasteiger charge is 2.20. The Morgan fingerprint density at radius 2 is 1.70 bits per heavy atom. The summed E-state index contributed by atoms with van der Waals surface area (Å²) in [4.78, 5) is 21.5. The van der Waals surface area contributed by atoms with Gasteiger partial charge >= 0.3 is 0 Å². The number of imidazole rings is 1. The zero-order chi connectivity index (χ0) is 22.8. The highest BCUT2D eigenvalue weighted by Crippen LogP contribution is 2.26. The number of ether oxygens (including phenoxy) is 1. The van der Waals surface area contributed by atoms with E-state index in [-0.39, 0.29) is 11.3 Å².